The highest BCUT2D eigenvalue weighted by Crippen LogP contribution is 2.25. The highest BCUT2D eigenvalue weighted by molar-refractivity contribution is 9.09. The van der Waals surface area contributed by atoms with Gasteiger partial charge in [-0.2, -0.15) is 0 Å². The van der Waals surface area contributed by atoms with Crippen molar-refractivity contribution in [1.29, 1.82) is 0 Å². The molecule has 0 unspecified atom stereocenters. The SMILES string of the molecule is [2H]C([2H])(Br)C([2H])([2H])C([2H])([2H])C([2H])([2H])Oc1ccc2c(c1)NCC=C2. The Hall–Kier alpha value is -0.960. The van der Waals surface area contributed by atoms with E-state index >= 15 is 0 Å². The maximum Gasteiger partial charge on any atom is 0.121 e. The van der Waals surface area contributed by atoms with E-state index in [1.807, 2.05) is 12.2 Å². The van der Waals surface area contributed by atoms with E-state index in [-0.39, 0.29) is 5.75 Å². The van der Waals surface area contributed by atoms with E-state index in [4.69, 9.17) is 15.7 Å². The third kappa shape index (κ3) is 3.01. The molecule has 0 spiro atoms. The number of nitrogens with one attached hydrogen (secondary N) is 1. The molecule has 0 radical (unpaired) electrons. The molecule has 3 heteroatoms. The fourth-order valence-corrected chi connectivity index (χ4v) is 1.48. The first-order valence-corrected chi connectivity index (χ1v) is 5.51. The Morgan fingerprint density at radius 1 is 1.44 bits per heavy atom. The van der Waals surface area contributed by atoms with Crippen LogP contribution in [0, 0.1) is 0 Å². The van der Waals surface area contributed by atoms with Gasteiger partial charge in [0.25, 0.3) is 0 Å². The van der Waals surface area contributed by atoms with Gasteiger partial charge in [-0.3, -0.25) is 0 Å². The summed E-state index contributed by atoms with van der Waals surface area (Å²) in [5.41, 5.74) is 1.55. The molecule has 0 aromatic heterocycles. The number of anilines is 1. The van der Waals surface area contributed by atoms with Crippen molar-refractivity contribution in [3.05, 3.63) is 29.8 Å². The average Bonchev–Trinajstić information content (AvgIpc) is 2.45. The number of hydrogen-bond acceptors (Lipinski definition) is 2. The Morgan fingerprint density at radius 3 is 3.25 bits per heavy atom. The summed E-state index contributed by atoms with van der Waals surface area (Å²) in [5, 5.41) is 0.268. The zero-order valence-corrected chi connectivity index (χ0v) is 9.97. The summed E-state index contributed by atoms with van der Waals surface area (Å²) >= 11 is 2.44. The van der Waals surface area contributed by atoms with Crippen molar-refractivity contribution in [3.8, 4) is 5.75 Å². The number of hydrogen-bond donors (Lipinski definition) is 1. The van der Waals surface area contributed by atoms with Gasteiger partial charge in [-0.05, 0) is 30.4 Å². The van der Waals surface area contributed by atoms with Gasteiger partial charge in [-0.1, -0.05) is 28.1 Å². The van der Waals surface area contributed by atoms with Crippen molar-refractivity contribution in [3.63, 3.8) is 0 Å². The normalized spacial score (nSPS) is 24.1. The molecular weight excluding hydrogens is 266 g/mol. The third-order valence-electron chi connectivity index (χ3n) is 2.06. The van der Waals surface area contributed by atoms with Crippen LogP contribution in [0.5, 0.6) is 5.75 Å². The number of ether oxygens (including phenoxy) is 1. The lowest BCUT2D eigenvalue weighted by atomic mass is 10.1. The molecule has 0 fully saturated rings. The van der Waals surface area contributed by atoms with Crippen molar-refractivity contribution in [2.24, 2.45) is 0 Å². The second-order valence-electron chi connectivity index (χ2n) is 3.08. The number of rotatable bonds is 5. The number of alkyl halides is 1. The van der Waals surface area contributed by atoms with Crippen LogP contribution < -0.4 is 10.1 Å². The Kier molecular flexibility index (Phi) is 1.91. The minimum atomic E-state index is -3.28. The zero-order chi connectivity index (χ0) is 18.4. The van der Waals surface area contributed by atoms with Gasteiger partial charge in [0.2, 0.25) is 0 Å². The predicted octanol–water partition coefficient (Wildman–Crippen LogP) is 3.68. The van der Waals surface area contributed by atoms with Gasteiger partial charge in [0.1, 0.15) is 5.75 Å². The van der Waals surface area contributed by atoms with Gasteiger partial charge in [-0.25, -0.2) is 0 Å². The first kappa shape index (κ1) is 5.13. The van der Waals surface area contributed by atoms with Crippen molar-refractivity contribution in [2.75, 3.05) is 23.7 Å². The van der Waals surface area contributed by atoms with Crippen LogP contribution >= 0.6 is 15.9 Å². The molecule has 0 aliphatic carbocycles. The first-order valence-electron chi connectivity index (χ1n) is 8.72. The quantitative estimate of drug-likeness (QED) is 0.835. The standard InChI is InChI=1S/C13H16BrNO/c14-7-1-2-9-16-12-6-5-11-4-3-8-15-13(11)10-12/h3-6,10,15H,1-2,7-9H2/i1D2,2D2,7D2,9D2. The van der Waals surface area contributed by atoms with E-state index in [0.717, 1.165) is 5.56 Å². The smallest absolute Gasteiger partial charge is 0.121 e. The lowest BCUT2D eigenvalue weighted by molar-refractivity contribution is 0.310. The molecule has 1 N–H and O–H groups in total. The topological polar surface area (TPSA) is 21.3 Å². The number of fused-ring (bicyclic) bond motifs is 1. The van der Waals surface area contributed by atoms with Crippen LogP contribution in [0.4, 0.5) is 5.69 Å². The van der Waals surface area contributed by atoms with Crippen molar-refractivity contribution in [1.82, 2.24) is 0 Å². The van der Waals surface area contributed by atoms with Gasteiger partial charge in [0.15, 0.2) is 0 Å². The van der Waals surface area contributed by atoms with E-state index in [2.05, 4.69) is 21.2 Å². The largest absolute Gasteiger partial charge is 0.494 e. The monoisotopic (exact) mass is 289 g/mol. The Bertz CT molecular complexity index is 656. The highest BCUT2D eigenvalue weighted by Gasteiger charge is 2.04. The molecule has 1 aliphatic heterocycles. The van der Waals surface area contributed by atoms with Crippen molar-refractivity contribution < 1.29 is 15.7 Å². The van der Waals surface area contributed by atoms with Gasteiger partial charge in [0.05, 0.1) is 9.30 Å². The van der Waals surface area contributed by atoms with Gasteiger partial charge < -0.3 is 10.1 Å². The number of benzene rings is 1. The lowest BCUT2D eigenvalue weighted by Gasteiger charge is -2.14. The summed E-state index contributed by atoms with van der Waals surface area (Å²) in [7, 11) is 0. The van der Waals surface area contributed by atoms with Crippen LogP contribution in [-0.2, 0) is 0 Å². The van der Waals surface area contributed by atoms with E-state index in [1.165, 1.54) is 12.1 Å². The van der Waals surface area contributed by atoms with Crippen molar-refractivity contribution in [2.45, 2.75) is 12.7 Å². The molecular formula is C13H16BrNO. The third-order valence-corrected chi connectivity index (χ3v) is 2.26. The molecule has 86 valence electrons. The summed E-state index contributed by atoms with van der Waals surface area (Å²) < 4.78 is 66.6. The van der Waals surface area contributed by atoms with Crippen LogP contribution in [0.3, 0.4) is 0 Å². The zero-order valence-electron chi connectivity index (χ0n) is 16.4. The first-order chi connectivity index (χ1) is 10.8. The summed E-state index contributed by atoms with van der Waals surface area (Å²) in [5.74, 6) is 0.0105. The minimum absolute atomic E-state index is 0.0105. The molecule has 1 heterocycles. The average molecular weight is 290 g/mol. The van der Waals surface area contributed by atoms with Crippen LogP contribution in [0.1, 0.15) is 29.3 Å². The minimum Gasteiger partial charge on any atom is -0.494 e. The predicted molar refractivity (Wildman–Crippen MR) is 72.5 cm³/mol. The van der Waals surface area contributed by atoms with E-state index < -0.39 is 24.6 Å². The molecule has 2 nitrogen and oxygen atoms in total. The van der Waals surface area contributed by atoms with Gasteiger partial charge in [0, 0.05) is 31.8 Å². The second kappa shape index (κ2) is 5.94. The van der Waals surface area contributed by atoms with Crippen molar-refractivity contribution >= 4 is 27.7 Å². The maximum absolute atomic E-state index is 7.85. The van der Waals surface area contributed by atoms with E-state index in [9.17, 15) is 0 Å². The van der Waals surface area contributed by atoms with Crippen LogP contribution in [0.25, 0.3) is 6.08 Å². The highest BCUT2D eigenvalue weighted by atomic mass is 79.9. The molecule has 0 atom stereocenters. The maximum atomic E-state index is 7.85. The lowest BCUT2D eigenvalue weighted by Crippen LogP contribution is -2.05. The van der Waals surface area contributed by atoms with E-state index in [1.54, 1.807) is 6.07 Å². The molecule has 0 saturated heterocycles. The molecule has 1 aliphatic rings. The van der Waals surface area contributed by atoms with E-state index in [0.29, 0.717) is 12.2 Å². The summed E-state index contributed by atoms with van der Waals surface area (Å²) in [4.78, 5) is 0. The molecule has 2 rings (SSSR count). The summed E-state index contributed by atoms with van der Waals surface area (Å²) in [6.07, 6.45) is -2.69. The van der Waals surface area contributed by atoms with Gasteiger partial charge >= 0.3 is 0 Å². The van der Waals surface area contributed by atoms with Gasteiger partial charge in [-0.15, -0.1) is 0 Å². The molecule has 1 aromatic carbocycles. The Balaban J connectivity index is 2.32. The van der Waals surface area contributed by atoms with Crippen LogP contribution in [0.2, 0.25) is 0 Å². The Morgan fingerprint density at radius 2 is 2.38 bits per heavy atom. The summed E-state index contributed by atoms with van der Waals surface area (Å²) in [6, 6.07) is 4.60. The van der Waals surface area contributed by atoms with Crippen LogP contribution in [0.15, 0.2) is 24.3 Å². The second-order valence-corrected chi connectivity index (χ2v) is 3.48. The molecule has 1 aromatic rings. The fraction of sp³-hybridized carbons (Fsp3) is 0.385. The molecule has 0 saturated carbocycles. The summed E-state index contributed by atoms with van der Waals surface area (Å²) in [6.45, 7) is -2.52. The molecule has 16 heavy (non-hydrogen) atoms. The number of halogens is 1. The molecule has 0 bridgehead atoms. The Labute approximate surface area is 116 Å². The van der Waals surface area contributed by atoms with Crippen LogP contribution in [-0.4, -0.2) is 18.4 Å². The molecule has 0 amide bonds. The fourth-order valence-electron chi connectivity index (χ4n) is 1.39.